The van der Waals surface area contributed by atoms with E-state index in [1.807, 2.05) is 38.1 Å². The van der Waals surface area contributed by atoms with Crippen LogP contribution in [0.2, 0.25) is 0 Å². The van der Waals surface area contributed by atoms with Crippen LogP contribution in [0.3, 0.4) is 0 Å². The summed E-state index contributed by atoms with van der Waals surface area (Å²) in [5, 5.41) is 19.4. The Balaban J connectivity index is 1.74. The van der Waals surface area contributed by atoms with Crippen LogP contribution in [0, 0.1) is 0 Å². The van der Waals surface area contributed by atoms with Crippen molar-refractivity contribution in [3.63, 3.8) is 0 Å². The minimum Gasteiger partial charge on any atom is -0.491 e. The zero-order valence-corrected chi connectivity index (χ0v) is 17.6. The van der Waals surface area contributed by atoms with Gasteiger partial charge in [-0.15, -0.1) is 0 Å². The highest BCUT2D eigenvalue weighted by Gasteiger charge is 2.37. The average Bonchev–Trinajstić information content (AvgIpc) is 3.27. The Hall–Kier alpha value is -2.04. The smallest absolute Gasteiger partial charge is 0.119 e. The summed E-state index contributed by atoms with van der Waals surface area (Å²) in [5.41, 5.74) is 2.66. The molecule has 0 aromatic heterocycles. The van der Waals surface area contributed by atoms with Gasteiger partial charge in [0.15, 0.2) is 0 Å². The molecule has 2 aromatic carbocycles. The Morgan fingerprint density at radius 2 is 1.10 bits per heavy atom. The predicted molar refractivity (Wildman–Crippen MR) is 116 cm³/mol. The fourth-order valence-corrected chi connectivity index (χ4v) is 4.08. The first-order valence-electron chi connectivity index (χ1n) is 10.9. The first-order chi connectivity index (χ1) is 14.1. The van der Waals surface area contributed by atoms with Crippen LogP contribution in [0.4, 0.5) is 0 Å². The van der Waals surface area contributed by atoms with E-state index in [0.717, 1.165) is 24.3 Å². The van der Waals surface area contributed by atoms with Gasteiger partial charge in [0.25, 0.3) is 0 Å². The molecule has 0 heterocycles. The Morgan fingerprint density at radius 3 is 1.45 bits per heavy atom. The number of ether oxygens (including phenoxy) is 2. The van der Waals surface area contributed by atoms with E-state index in [0.29, 0.717) is 26.1 Å². The molecule has 2 atom stereocenters. The number of rotatable bonds is 10. The maximum atomic E-state index is 9.69. The summed E-state index contributed by atoms with van der Waals surface area (Å²) in [4.78, 5) is 0. The lowest BCUT2D eigenvalue weighted by Crippen LogP contribution is -2.23. The normalized spacial score (nSPS) is 17.7. The third kappa shape index (κ3) is 5.31. The van der Waals surface area contributed by atoms with E-state index in [-0.39, 0.29) is 5.41 Å². The highest BCUT2D eigenvalue weighted by molar-refractivity contribution is 5.44. The number of benzene rings is 2. The maximum absolute atomic E-state index is 9.69. The van der Waals surface area contributed by atoms with Gasteiger partial charge in [-0.05, 0) is 61.1 Å². The van der Waals surface area contributed by atoms with Gasteiger partial charge in [0.2, 0.25) is 0 Å². The van der Waals surface area contributed by atoms with E-state index in [1.165, 1.54) is 24.0 Å². The molecule has 2 aromatic rings. The Kier molecular flexibility index (Phi) is 7.57. The summed E-state index contributed by atoms with van der Waals surface area (Å²) >= 11 is 0. The molecular formula is C25H34O4. The van der Waals surface area contributed by atoms with Gasteiger partial charge in [0.1, 0.15) is 24.7 Å². The van der Waals surface area contributed by atoms with Gasteiger partial charge in [-0.25, -0.2) is 0 Å². The highest BCUT2D eigenvalue weighted by atomic mass is 16.5. The third-order valence-electron chi connectivity index (χ3n) is 6.10. The van der Waals surface area contributed by atoms with Crippen molar-refractivity contribution in [2.45, 2.75) is 70.0 Å². The van der Waals surface area contributed by atoms with Gasteiger partial charge in [-0.3, -0.25) is 0 Å². The van der Waals surface area contributed by atoms with Crippen molar-refractivity contribution in [1.82, 2.24) is 0 Å². The fraction of sp³-hybridized carbons (Fsp3) is 0.520. The number of hydrogen-bond acceptors (Lipinski definition) is 4. The highest BCUT2D eigenvalue weighted by Crippen LogP contribution is 2.47. The molecule has 29 heavy (non-hydrogen) atoms. The van der Waals surface area contributed by atoms with Crippen LogP contribution in [0.25, 0.3) is 0 Å². The number of aliphatic hydroxyl groups is 2. The SMILES string of the molecule is CCC(O)COc1ccc(C2(c3ccc(OCC(O)CC)cc3)CCCC2)cc1. The second kappa shape index (κ2) is 10.1. The van der Waals surface area contributed by atoms with Crippen molar-refractivity contribution in [1.29, 1.82) is 0 Å². The van der Waals surface area contributed by atoms with Crippen LogP contribution in [0.1, 0.15) is 63.5 Å². The van der Waals surface area contributed by atoms with Crippen molar-refractivity contribution in [3.05, 3.63) is 59.7 Å². The molecule has 4 heteroatoms. The molecule has 0 saturated heterocycles. The lowest BCUT2D eigenvalue weighted by atomic mass is 9.73. The molecular weight excluding hydrogens is 364 g/mol. The molecule has 1 aliphatic rings. The van der Waals surface area contributed by atoms with E-state index in [9.17, 15) is 10.2 Å². The molecule has 4 nitrogen and oxygen atoms in total. The zero-order valence-electron chi connectivity index (χ0n) is 17.6. The molecule has 1 fully saturated rings. The first-order valence-corrected chi connectivity index (χ1v) is 10.9. The Morgan fingerprint density at radius 1 is 0.724 bits per heavy atom. The summed E-state index contributed by atoms with van der Waals surface area (Å²) < 4.78 is 11.4. The summed E-state index contributed by atoms with van der Waals surface area (Å²) in [6.07, 6.45) is 5.26. The minimum absolute atomic E-state index is 0.0307. The number of hydrogen-bond donors (Lipinski definition) is 2. The van der Waals surface area contributed by atoms with Crippen LogP contribution in [-0.4, -0.2) is 35.6 Å². The lowest BCUT2D eigenvalue weighted by Gasteiger charge is -2.31. The van der Waals surface area contributed by atoms with E-state index in [4.69, 9.17) is 9.47 Å². The average molecular weight is 399 g/mol. The quantitative estimate of drug-likeness (QED) is 0.601. The van der Waals surface area contributed by atoms with Crippen LogP contribution >= 0.6 is 0 Å². The standard InChI is InChI=1S/C25H34O4/c1-3-21(26)17-28-23-11-7-19(8-12-23)25(15-5-6-16-25)20-9-13-24(14-10-20)29-18-22(27)4-2/h7-14,21-22,26-27H,3-6,15-18H2,1-2H3. The molecule has 1 aliphatic carbocycles. The van der Waals surface area contributed by atoms with Crippen LogP contribution in [-0.2, 0) is 5.41 Å². The second-order valence-corrected chi connectivity index (χ2v) is 8.08. The molecule has 0 spiro atoms. The van der Waals surface area contributed by atoms with Crippen LogP contribution in [0.5, 0.6) is 11.5 Å². The first kappa shape index (κ1) is 21.7. The van der Waals surface area contributed by atoms with E-state index < -0.39 is 12.2 Å². The van der Waals surface area contributed by atoms with E-state index in [1.54, 1.807) is 0 Å². The maximum Gasteiger partial charge on any atom is 0.119 e. The largest absolute Gasteiger partial charge is 0.491 e. The van der Waals surface area contributed by atoms with Gasteiger partial charge >= 0.3 is 0 Å². The van der Waals surface area contributed by atoms with Crippen molar-refractivity contribution < 1.29 is 19.7 Å². The van der Waals surface area contributed by atoms with Crippen molar-refractivity contribution in [3.8, 4) is 11.5 Å². The molecule has 158 valence electrons. The second-order valence-electron chi connectivity index (χ2n) is 8.08. The predicted octanol–water partition coefficient (Wildman–Crippen LogP) is 4.85. The zero-order chi connectivity index (χ0) is 20.7. The van der Waals surface area contributed by atoms with E-state index in [2.05, 4.69) is 24.3 Å². The third-order valence-corrected chi connectivity index (χ3v) is 6.10. The molecule has 1 saturated carbocycles. The summed E-state index contributed by atoms with van der Waals surface area (Å²) in [6, 6.07) is 16.7. The number of aliphatic hydroxyl groups excluding tert-OH is 2. The molecule has 2 N–H and O–H groups in total. The van der Waals surface area contributed by atoms with Gasteiger partial charge < -0.3 is 19.7 Å². The fourth-order valence-electron chi connectivity index (χ4n) is 4.08. The summed E-state index contributed by atoms with van der Waals surface area (Å²) in [6.45, 7) is 4.55. The minimum atomic E-state index is -0.421. The lowest BCUT2D eigenvalue weighted by molar-refractivity contribution is 0.104. The monoisotopic (exact) mass is 398 g/mol. The molecule has 2 unspecified atom stereocenters. The van der Waals surface area contributed by atoms with Crippen molar-refractivity contribution >= 4 is 0 Å². The van der Waals surface area contributed by atoms with Crippen LogP contribution < -0.4 is 9.47 Å². The van der Waals surface area contributed by atoms with Crippen LogP contribution in [0.15, 0.2) is 48.5 Å². The van der Waals surface area contributed by atoms with Gasteiger partial charge in [0, 0.05) is 5.41 Å². The topological polar surface area (TPSA) is 58.9 Å². The van der Waals surface area contributed by atoms with Gasteiger partial charge in [0.05, 0.1) is 12.2 Å². The molecule has 0 radical (unpaired) electrons. The van der Waals surface area contributed by atoms with Crippen molar-refractivity contribution in [2.75, 3.05) is 13.2 Å². The van der Waals surface area contributed by atoms with Gasteiger partial charge in [-0.2, -0.15) is 0 Å². The van der Waals surface area contributed by atoms with E-state index >= 15 is 0 Å². The Labute approximate surface area is 174 Å². The molecule has 0 aliphatic heterocycles. The molecule has 0 bridgehead atoms. The van der Waals surface area contributed by atoms with Crippen molar-refractivity contribution in [2.24, 2.45) is 0 Å². The molecule has 0 amide bonds. The molecule has 3 rings (SSSR count). The Bertz CT molecular complexity index is 673. The van der Waals surface area contributed by atoms with Gasteiger partial charge in [-0.1, -0.05) is 51.0 Å². The summed E-state index contributed by atoms with van der Waals surface area (Å²) in [5.74, 6) is 1.60. The summed E-state index contributed by atoms with van der Waals surface area (Å²) in [7, 11) is 0.